The van der Waals surface area contributed by atoms with Crippen molar-refractivity contribution in [2.45, 2.75) is 44.2 Å². The Morgan fingerprint density at radius 1 is 0.848 bits per heavy atom. The van der Waals surface area contributed by atoms with Gasteiger partial charge in [-0.1, -0.05) is 87.5 Å². The molecule has 6 nitrogen and oxygen atoms in total. The molecule has 0 spiro atoms. The van der Waals surface area contributed by atoms with Gasteiger partial charge in [0.15, 0.2) is 0 Å². The minimum absolute atomic E-state index is 0.174. The van der Waals surface area contributed by atoms with E-state index in [2.05, 4.69) is 4.98 Å². The number of hydrogen-bond acceptors (Lipinski definition) is 4. The Balaban J connectivity index is 1.81. The monoisotopic (exact) mass is 460 g/mol. The number of nitrogens with zero attached hydrogens (tertiary/aromatic N) is 4. The highest BCUT2D eigenvalue weighted by Crippen LogP contribution is 2.32. The van der Waals surface area contributed by atoms with E-state index in [1.165, 1.54) is 4.31 Å². The van der Waals surface area contributed by atoms with Crippen LogP contribution in [0, 0.1) is 0 Å². The van der Waals surface area contributed by atoms with Crippen LogP contribution in [0.2, 0.25) is 0 Å². The second-order valence-corrected chi connectivity index (χ2v) is 10.8. The summed E-state index contributed by atoms with van der Waals surface area (Å²) < 4.78 is 31.3. The number of sulfonamides is 1. The van der Waals surface area contributed by atoms with E-state index < -0.39 is 15.4 Å². The van der Waals surface area contributed by atoms with Crippen molar-refractivity contribution >= 4 is 15.8 Å². The zero-order chi connectivity index (χ0) is 23.5. The number of hydrogen-bond donors (Lipinski definition) is 0. The molecule has 4 rings (SSSR count). The van der Waals surface area contributed by atoms with E-state index in [4.69, 9.17) is 5.10 Å². The second kappa shape index (κ2) is 9.19. The predicted molar refractivity (Wildman–Crippen MR) is 131 cm³/mol. The van der Waals surface area contributed by atoms with Gasteiger partial charge in [-0.15, -0.1) is 0 Å². The average Bonchev–Trinajstić information content (AvgIpc) is 3.25. The topological polar surface area (TPSA) is 68.1 Å². The summed E-state index contributed by atoms with van der Waals surface area (Å²) in [5.41, 5.74) is 2.00. The van der Waals surface area contributed by atoms with Crippen LogP contribution in [0.3, 0.4) is 0 Å². The van der Waals surface area contributed by atoms with E-state index in [0.29, 0.717) is 18.1 Å². The summed E-state index contributed by atoms with van der Waals surface area (Å²) in [7, 11) is -3.95. The van der Waals surface area contributed by atoms with Crippen molar-refractivity contribution in [3.8, 4) is 0 Å². The molecule has 0 radical (unpaired) electrons. The Bertz CT molecular complexity index is 1300. The van der Waals surface area contributed by atoms with Gasteiger partial charge in [0.2, 0.25) is 0 Å². The molecule has 0 aliphatic rings. The molecule has 0 amide bonds. The standard InChI is InChI=1S/C26H28N4O2S/c1-26(2,3)25-23(20-29(28-25)18-21-12-6-4-7-13-21)33(31,32)30(24-16-10-11-17-27-24)19-22-14-8-5-9-15-22/h4-17,20H,18-19H2,1-3H3. The Morgan fingerprint density at radius 2 is 1.45 bits per heavy atom. The van der Waals surface area contributed by atoms with Crippen LogP contribution >= 0.6 is 0 Å². The molecule has 0 bridgehead atoms. The van der Waals surface area contributed by atoms with Crippen LogP contribution in [0.5, 0.6) is 0 Å². The van der Waals surface area contributed by atoms with Gasteiger partial charge in [0.05, 0.1) is 18.8 Å². The second-order valence-electron chi connectivity index (χ2n) is 8.96. The molecule has 0 saturated heterocycles. The largest absolute Gasteiger partial charge is 0.269 e. The third kappa shape index (κ3) is 5.14. The zero-order valence-electron chi connectivity index (χ0n) is 19.1. The molecule has 2 heterocycles. The van der Waals surface area contributed by atoms with Crippen molar-refractivity contribution in [3.05, 3.63) is 108 Å². The molecule has 170 valence electrons. The summed E-state index contributed by atoms with van der Waals surface area (Å²) in [6.07, 6.45) is 3.25. The fraction of sp³-hybridized carbons (Fsp3) is 0.231. The molecule has 0 unspecified atom stereocenters. The van der Waals surface area contributed by atoms with E-state index in [0.717, 1.165) is 11.1 Å². The van der Waals surface area contributed by atoms with E-state index in [-0.39, 0.29) is 11.4 Å². The lowest BCUT2D eigenvalue weighted by Crippen LogP contribution is -2.32. The van der Waals surface area contributed by atoms with Gasteiger partial charge < -0.3 is 0 Å². The van der Waals surface area contributed by atoms with Crippen molar-refractivity contribution in [1.29, 1.82) is 0 Å². The first kappa shape index (κ1) is 22.7. The summed E-state index contributed by atoms with van der Waals surface area (Å²) in [5, 5.41) is 4.72. The zero-order valence-corrected chi connectivity index (χ0v) is 19.9. The highest BCUT2D eigenvalue weighted by Gasteiger charge is 2.35. The van der Waals surface area contributed by atoms with Crippen LogP contribution in [-0.4, -0.2) is 23.2 Å². The lowest BCUT2D eigenvalue weighted by atomic mass is 9.92. The molecule has 33 heavy (non-hydrogen) atoms. The predicted octanol–water partition coefficient (Wildman–Crippen LogP) is 5.02. The Morgan fingerprint density at radius 3 is 2.03 bits per heavy atom. The first-order valence-electron chi connectivity index (χ1n) is 10.8. The summed E-state index contributed by atoms with van der Waals surface area (Å²) >= 11 is 0. The molecule has 0 fully saturated rings. The summed E-state index contributed by atoms with van der Waals surface area (Å²) in [4.78, 5) is 4.55. The van der Waals surface area contributed by atoms with E-state index >= 15 is 0 Å². The molecule has 0 aliphatic heterocycles. The number of pyridine rings is 1. The van der Waals surface area contributed by atoms with Gasteiger partial charge in [0, 0.05) is 17.8 Å². The maximum absolute atomic E-state index is 14.1. The smallest absolute Gasteiger partial charge is 0.267 e. The molecule has 0 aliphatic carbocycles. The van der Waals surface area contributed by atoms with Gasteiger partial charge >= 0.3 is 0 Å². The van der Waals surface area contributed by atoms with Gasteiger partial charge in [-0.2, -0.15) is 5.10 Å². The van der Waals surface area contributed by atoms with Crippen molar-refractivity contribution < 1.29 is 8.42 Å². The highest BCUT2D eigenvalue weighted by molar-refractivity contribution is 7.92. The van der Waals surface area contributed by atoms with Crippen molar-refractivity contribution in [2.75, 3.05) is 4.31 Å². The van der Waals surface area contributed by atoms with E-state index in [9.17, 15) is 8.42 Å². The molecular weight excluding hydrogens is 432 g/mol. The lowest BCUT2D eigenvalue weighted by Gasteiger charge is -2.25. The Hall–Kier alpha value is -3.45. The molecule has 7 heteroatoms. The average molecular weight is 461 g/mol. The molecule has 2 aromatic carbocycles. The normalized spacial score (nSPS) is 12.0. The minimum atomic E-state index is -3.95. The van der Waals surface area contributed by atoms with Crippen molar-refractivity contribution in [2.24, 2.45) is 0 Å². The number of aromatic nitrogens is 3. The number of benzene rings is 2. The Labute approximate surface area is 195 Å². The maximum atomic E-state index is 14.1. The van der Waals surface area contributed by atoms with Gasteiger partial charge in [0.1, 0.15) is 10.7 Å². The number of rotatable bonds is 7. The van der Waals surface area contributed by atoms with Gasteiger partial charge in [-0.3, -0.25) is 4.68 Å². The SMILES string of the molecule is CC(C)(C)c1nn(Cc2ccccc2)cc1S(=O)(=O)N(Cc1ccccc1)c1ccccn1. The lowest BCUT2D eigenvalue weighted by molar-refractivity contribution is 0.532. The first-order valence-corrected chi connectivity index (χ1v) is 12.3. The van der Waals surface area contributed by atoms with Crippen LogP contribution < -0.4 is 4.31 Å². The quantitative estimate of drug-likeness (QED) is 0.388. The van der Waals surface area contributed by atoms with Crippen molar-refractivity contribution in [1.82, 2.24) is 14.8 Å². The van der Waals surface area contributed by atoms with E-state index in [1.807, 2.05) is 81.4 Å². The molecule has 0 atom stereocenters. The summed E-state index contributed by atoms with van der Waals surface area (Å²) in [6, 6.07) is 24.7. The molecule has 0 N–H and O–H groups in total. The van der Waals surface area contributed by atoms with Crippen LogP contribution in [0.1, 0.15) is 37.6 Å². The maximum Gasteiger partial charge on any atom is 0.269 e. The van der Waals surface area contributed by atoms with Gasteiger partial charge in [0.25, 0.3) is 10.0 Å². The minimum Gasteiger partial charge on any atom is -0.267 e. The highest BCUT2D eigenvalue weighted by atomic mass is 32.2. The summed E-state index contributed by atoms with van der Waals surface area (Å²) in [5.74, 6) is 0.372. The van der Waals surface area contributed by atoms with Crippen molar-refractivity contribution in [3.63, 3.8) is 0 Å². The number of anilines is 1. The molecule has 4 aromatic rings. The van der Waals surface area contributed by atoms with Crippen LogP contribution in [0.15, 0.2) is 96.2 Å². The molecule has 2 aromatic heterocycles. The summed E-state index contributed by atoms with van der Waals surface area (Å²) in [6.45, 7) is 6.59. The Kier molecular flexibility index (Phi) is 6.33. The fourth-order valence-corrected chi connectivity index (χ4v) is 5.38. The third-order valence-corrected chi connectivity index (χ3v) is 7.02. The molecule has 0 saturated carbocycles. The first-order chi connectivity index (χ1) is 15.7. The van der Waals surface area contributed by atoms with Gasteiger partial charge in [-0.25, -0.2) is 17.7 Å². The van der Waals surface area contributed by atoms with Crippen LogP contribution in [-0.2, 0) is 28.5 Å². The van der Waals surface area contributed by atoms with Crippen LogP contribution in [0.25, 0.3) is 0 Å². The fourth-order valence-electron chi connectivity index (χ4n) is 3.62. The molecular formula is C26H28N4O2S. The van der Waals surface area contributed by atoms with E-state index in [1.54, 1.807) is 35.3 Å². The van der Waals surface area contributed by atoms with Gasteiger partial charge in [-0.05, 0) is 23.3 Å². The van der Waals surface area contributed by atoms with Crippen LogP contribution in [0.4, 0.5) is 5.82 Å². The third-order valence-electron chi connectivity index (χ3n) is 5.27.